The van der Waals surface area contributed by atoms with Gasteiger partial charge in [0.15, 0.2) is 0 Å². The van der Waals surface area contributed by atoms with Gasteiger partial charge >= 0.3 is 11.0 Å². The van der Waals surface area contributed by atoms with Crippen LogP contribution < -0.4 is 9.77 Å². The summed E-state index contributed by atoms with van der Waals surface area (Å²) in [4.78, 5) is 48.5. The van der Waals surface area contributed by atoms with E-state index < -0.39 is 35.4 Å². The first-order valence-corrected chi connectivity index (χ1v) is 13.3. The van der Waals surface area contributed by atoms with E-state index in [1.807, 2.05) is 12.1 Å². The molecule has 7 atom stereocenters. The monoisotopic (exact) mass is 529 g/mol. The van der Waals surface area contributed by atoms with Crippen LogP contribution in [-0.2, 0) is 15.8 Å². The van der Waals surface area contributed by atoms with Gasteiger partial charge in [0.05, 0.1) is 28.1 Å². The van der Waals surface area contributed by atoms with Crippen molar-refractivity contribution >= 4 is 40.6 Å². The number of carbonyl (C=O) groups is 2. The molecule has 6 nitrogen and oxygen atoms in total. The third kappa shape index (κ3) is 2.98. The molecule has 184 valence electrons. The van der Waals surface area contributed by atoms with E-state index in [9.17, 15) is 27.6 Å². The number of H-pyrrole nitrogens is 1. The number of alkyl halides is 3. The van der Waals surface area contributed by atoms with Gasteiger partial charge in [-0.3, -0.25) is 24.3 Å². The minimum Gasteiger partial charge on any atom is -0.307 e. The molecule has 2 aliphatic heterocycles. The fraction of sp³-hybridized carbons (Fsp3) is 0.360. The molecule has 36 heavy (non-hydrogen) atoms. The summed E-state index contributed by atoms with van der Waals surface area (Å²) < 4.78 is 40.0. The Bertz CT molecular complexity index is 1470. The van der Waals surface area contributed by atoms with Gasteiger partial charge in [0.2, 0.25) is 11.8 Å². The highest BCUT2D eigenvalue weighted by Crippen LogP contribution is 2.68. The zero-order valence-corrected chi connectivity index (χ0v) is 20.1. The molecular weight excluding hydrogens is 511 g/mol. The number of halogens is 3. The molecule has 2 amide bonds. The van der Waals surface area contributed by atoms with Crippen LogP contribution in [0.5, 0.6) is 0 Å². The van der Waals surface area contributed by atoms with Gasteiger partial charge in [-0.25, -0.2) is 0 Å². The summed E-state index contributed by atoms with van der Waals surface area (Å²) in [7, 11) is 0. The fourth-order valence-electron chi connectivity index (χ4n) is 7.03. The van der Waals surface area contributed by atoms with Gasteiger partial charge in [0.1, 0.15) is 0 Å². The van der Waals surface area contributed by atoms with Gasteiger partial charge in [-0.05, 0) is 54.0 Å². The molecule has 2 aromatic heterocycles. The van der Waals surface area contributed by atoms with Gasteiger partial charge in [0.25, 0.3) is 0 Å². The van der Waals surface area contributed by atoms with Crippen LogP contribution in [0.3, 0.4) is 0 Å². The van der Waals surface area contributed by atoms with Crippen LogP contribution >= 0.6 is 23.1 Å². The highest BCUT2D eigenvalue weighted by Gasteiger charge is 2.69. The van der Waals surface area contributed by atoms with E-state index in [1.165, 1.54) is 23.5 Å². The number of aromatic amines is 1. The van der Waals surface area contributed by atoms with E-state index in [-0.39, 0.29) is 39.5 Å². The molecular formula is C25H18F3N3O3S2. The second kappa shape index (κ2) is 7.55. The Labute approximate surface area is 210 Å². The van der Waals surface area contributed by atoms with Crippen LogP contribution in [0.4, 0.5) is 18.9 Å². The van der Waals surface area contributed by atoms with Crippen LogP contribution in [0.1, 0.15) is 28.3 Å². The summed E-state index contributed by atoms with van der Waals surface area (Å²) in [5.41, 5.74) is 0.0336. The van der Waals surface area contributed by atoms with Crippen LogP contribution in [0.25, 0.3) is 0 Å². The maximum absolute atomic E-state index is 13.7. The van der Waals surface area contributed by atoms with Crippen molar-refractivity contribution in [1.82, 2.24) is 9.97 Å². The summed E-state index contributed by atoms with van der Waals surface area (Å²) in [6.07, 6.45) is -0.400. The zero-order valence-electron chi connectivity index (χ0n) is 18.4. The van der Waals surface area contributed by atoms with Gasteiger partial charge in [-0.2, -0.15) is 13.2 Å². The summed E-state index contributed by atoms with van der Waals surface area (Å²) in [5, 5.41) is 0.813. The van der Waals surface area contributed by atoms with Crippen LogP contribution in [0.15, 0.2) is 58.6 Å². The van der Waals surface area contributed by atoms with Crippen LogP contribution in [-0.4, -0.2) is 27.0 Å². The first-order valence-electron chi connectivity index (χ1n) is 11.6. The third-order valence-electron chi connectivity index (χ3n) is 8.20. The highest BCUT2D eigenvalue weighted by atomic mass is 32.2. The van der Waals surface area contributed by atoms with Crippen molar-refractivity contribution in [2.24, 2.45) is 29.6 Å². The van der Waals surface area contributed by atoms with E-state index in [1.54, 1.807) is 24.2 Å². The van der Waals surface area contributed by atoms with Crippen molar-refractivity contribution in [1.29, 1.82) is 0 Å². The molecule has 0 spiro atoms. The normalized spacial score (nSPS) is 32.5. The molecule has 1 N–H and O–H groups in total. The number of imide groups is 1. The average Bonchev–Trinajstić information content (AvgIpc) is 3.58. The maximum atomic E-state index is 13.7. The van der Waals surface area contributed by atoms with Crippen molar-refractivity contribution in [3.63, 3.8) is 0 Å². The molecule has 7 rings (SSSR count). The molecule has 3 aromatic rings. The smallest absolute Gasteiger partial charge is 0.307 e. The Balaban J connectivity index is 1.30. The number of nitrogens with one attached hydrogen (secondary N) is 1. The van der Waals surface area contributed by atoms with Gasteiger partial charge in [0, 0.05) is 28.4 Å². The lowest BCUT2D eigenvalue weighted by Crippen LogP contribution is -2.42. The predicted octanol–water partition coefficient (Wildman–Crippen LogP) is 4.53. The van der Waals surface area contributed by atoms with Crippen molar-refractivity contribution < 1.29 is 22.8 Å². The van der Waals surface area contributed by atoms with Crippen LogP contribution in [0, 0.1) is 29.6 Å². The Morgan fingerprint density at radius 2 is 1.81 bits per heavy atom. The Morgan fingerprint density at radius 3 is 2.53 bits per heavy atom. The molecule has 2 bridgehead atoms. The molecule has 1 saturated heterocycles. The van der Waals surface area contributed by atoms with E-state index in [2.05, 4.69) is 9.97 Å². The lowest BCUT2D eigenvalue weighted by atomic mass is 9.68. The molecule has 2 aliphatic carbocycles. The maximum Gasteiger partial charge on any atom is 0.416 e. The van der Waals surface area contributed by atoms with Gasteiger partial charge in [-0.1, -0.05) is 23.5 Å². The summed E-state index contributed by atoms with van der Waals surface area (Å²) in [5.74, 6) is -2.30. The second-order valence-electron chi connectivity index (χ2n) is 9.81. The quantitative estimate of drug-likeness (QED) is 0.494. The number of rotatable bonds is 2. The van der Waals surface area contributed by atoms with Gasteiger partial charge < -0.3 is 4.98 Å². The number of aromatic nitrogens is 2. The summed E-state index contributed by atoms with van der Waals surface area (Å²) >= 11 is 2.74. The average molecular weight is 530 g/mol. The van der Waals surface area contributed by atoms with Crippen LogP contribution in [0.2, 0.25) is 0 Å². The first-order chi connectivity index (χ1) is 17.2. The minimum atomic E-state index is -4.58. The predicted molar refractivity (Wildman–Crippen MR) is 127 cm³/mol. The molecule has 2 saturated carbocycles. The SMILES string of the molecule is O=C1[C@H]2[C@@H]3C[C@H]([C@@H]2C(=O)N1c1cccc(C(F)(F)F)c1)[C@H]1[C@H](c2cccnc2)c2sc(=O)[nH]c2S[C@H]31. The molecule has 1 aromatic carbocycles. The number of carbonyl (C=O) groups excluding carboxylic acids is 2. The van der Waals surface area contributed by atoms with Crippen molar-refractivity contribution in [2.75, 3.05) is 4.90 Å². The molecule has 0 radical (unpaired) electrons. The first kappa shape index (κ1) is 22.3. The lowest BCUT2D eigenvalue weighted by Gasteiger charge is -2.42. The van der Waals surface area contributed by atoms with Crippen molar-refractivity contribution in [3.8, 4) is 0 Å². The molecule has 0 unspecified atom stereocenters. The number of thioether (sulfide) groups is 1. The van der Waals surface area contributed by atoms with E-state index >= 15 is 0 Å². The number of amides is 2. The fourth-order valence-corrected chi connectivity index (χ4v) is 9.91. The van der Waals surface area contributed by atoms with E-state index in [0.717, 1.165) is 32.5 Å². The zero-order chi connectivity index (χ0) is 24.9. The van der Waals surface area contributed by atoms with E-state index in [0.29, 0.717) is 6.42 Å². The Hall–Kier alpha value is -2.92. The number of nitrogens with zero attached hydrogens (tertiary/aromatic N) is 2. The lowest BCUT2D eigenvalue weighted by molar-refractivity contribution is -0.137. The Kier molecular flexibility index (Phi) is 4.67. The largest absolute Gasteiger partial charge is 0.416 e. The standard InChI is InChI=1S/C25H18F3N3O3S2/c26-25(27,28)11-4-1-5-12(7-11)31-22(32)17-13-8-14(18(17)23(31)33)19-16(13)15(10-3-2-6-29-9-10)20-21(35-19)30-24(34)36-20/h1-7,9,13-19H,8H2,(H,30,34)/t13-,14-,15-,16-,17-,18-,19+/m0/s1. The number of benzene rings is 1. The number of hydrogen-bond acceptors (Lipinski definition) is 6. The van der Waals surface area contributed by atoms with Crippen molar-refractivity contribution in [2.45, 2.75) is 28.8 Å². The number of thiazole rings is 1. The summed E-state index contributed by atoms with van der Waals surface area (Å²) in [6, 6.07) is 8.24. The molecule has 4 aliphatic rings. The number of hydrogen-bond donors (Lipinski definition) is 1. The van der Waals surface area contributed by atoms with Crippen molar-refractivity contribution in [3.05, 3.63) is 74.5 Å². The van der Waals surface area contributed by atoms with E-state index in [4.69, 9.17) is 0 Å². The Morgan fingerprint density at radius 1 is 1.03 bits per heavy atom. The minimum absolute atomic E-state index is 0.0115. The summed E-state index contributed by atoms with van der Waals surface area (Å²) in [6.45, 7) is 0. The van der Waals surface area contributed by atoms with Gasteiger partial charge in [-0.15, -0.1) is 11.8 Å². The molecule has 4 heterocycles. The molecule has 11 heteroatoms. The second-order valence-corrected chi connectivity index (χ2v) is 12.0. The number of pyridine rings is 1. The number of fused-ring (bicyclic) bond motifs is 9. The third-order valence-corrected chi connectivity index (χ3v) is 10.8. The topological polar surface area (TPSA) is 83.1 Å². The molecule has 3 fully saturated rings. The highest BCUT2D eigenvalue weighted by molar-refractivity contribution is 8.00. The number of anilines is 1.